The van der Waals surface area contributed by atoms with Crippen LogP contribution in [0.2, 0.25) is 0 Å². The molecule has 1 aromatic rings. The number of rotatable bonds is 2. The Morgan fingerprint density at radius 1 is 1.25 bits per heavy atom. The first-order valence-electron chi connectivity index (χ1n) is 9.27. The van der Waals surface area contributed by atoms with Crippen LogP contribution in [0, 0.1) is 5.41 Å². The highest BCUT2D eigenvalue weighted by Gasteiger charge is 2.41. The maximum atomic E-state index is 12.8. The third kappa shape index (κ3) is 3.20. The third-order valence-corrected chi connectivity index (χ3v) is 6.14. The van der Waals surface area contributed by atoms with Gasteiger partial charge in [0, 0.05) is 38.1 Å². The smallest absolute Gasteiger partial charge is 0.255 e. The molecule has 3 fully saturated rings. The summed E-state index contributed by atoms with van der Waals surface area (Å²) in [6.45, 7) is 5.93. The highest BCUT2D eigenvalue weighted by Crippen LogP contribution is 2.41. The van der Waals surface area contributed by atoms with Crippen LogP contribution in [0.4, 0.5) is 0 Å². The molecule has 3 saturated heterocycles. The van der Waals surface area contributed by atoms with Gasteiger partial charge in [-0.1, -0.05) is 0 Å². The Kier molecular flexibility index (Phi) is 4.55. The zero-order valence-electron chi connectivity index (χ0n) is 14.3. The number of ether oxygens (including phenoxy) is 1. The van der Waals surface area contributed by atoms with Crippen molar-refractivity contribution in [3.63, 3.8) is 0 Å². The van der Waals surface area contributed by atoms with Crippen LogP contribution < -0.4 is 0 Å². The minimum absolute atomic E-state index is 0.147. The van der Waals surface area contributed by atoms with Crippen molar-refractivity contribution >= 4 is 5.91 Å². The van der Waals surface area contributed by atoms with Gasteiger partial charge in [-0.05, 0) is 62.7 Å². The molecular weight excluding hydrogens is 302 g/mol. The topological polar surface area (TPSA) is 45.7 Å². The molecule has 130 valence electrons. The zero-order valence-corrected chi connectivity index (χ0v) is 14.3. The average Bonchev–Trinajstić information content (AvgIpc) is 3.17. The van der Waals surface area contributed by atoms with E-state index in [4.69, 9.17) is 4.74 Å². The van der Waals surface area contributed by atoms with E-state index in [1.54, 1.807) is 12.4 Å². The summed E-state index contributed by atoms with van der Waals surface area (Å²) in [5.74, 6) is 0.147. The normalized spacial score (nSPS) is 27.5. The molecule has 0 unspecified atom stereocenters. The third-order valence-electron chi connectivity index (χ3n) is 6.14. The molecule has 4 rings (SSSR count). The zero-order chi connectivity index (χ0) is 16.4. The van der Waals surface area contributed by atoms with Crippen molar-refractivity contribution in [2.24, 2.45) is 5.41 Å². The van der Waals surface area contributed by atoms with E-state index in [9.17, 15) is 4.79 Å². The van der Waals surface area contributed by atoms with E-state index < -0.39 is 0 Å². The van der Waals surface area contributed by atoms with E-state index in [1.165, 1.54) is 25.7 Å². The Balaban J connectivity index is 1.39. The van der Waals surface area contributed by atoms with E-state index >= 15 is 0 Å². The SMILES string of the molecule is O=C(c1cccnc1)N1CCCC2(CCN([C@H]3CCOC3)CC2)C1. The lowest BCUT2D eigenvalue weighted by atomic mass is 9.72. The molecule has 3 aliphatic rings. The van der Waals surface area contributed by atoms with Gasteiger partial charge in [-0.15, -0.1) is 0 Å². The summed E-state index contributed by atoms with van der Waals surface area (Å²) in [6.07, 6.45) is 9.39. The van der Waals surface area contributed by atoms with Crippen molar-refractivity contribution in [2.75, 3.05) is 39.4 Å². The standard InChI is InChI=1S/C19H27N3O2/c23-18(16-3-1-8-20-13-16)22-9-2-5-19(15-22)6-10-21(11-7-19)17-4-12-24-14-17/h1,3,8,13,17H,2,4-7,9-12,14-15H2/t17-/m0/s1. The predicted molar refractivity (Wildman–Crippen MR) is 91.8 cm³/mol. The van der Waals surface area contributed by atoms with Gasteiger partial charge < -0.3 is 9.64 Å². The Bertz CT molecular complexity index is 563. The molecule has 1 aromatic heterocycles. The second-order valence-electron chi connectivity index (χ2n) is 7.63. The van der Waals surface area contributed by atoms with Gasteiger partial charge >= 0.3 is 0 Å². The molecule has 0 radical (unpaired) electrons. The molecule has 4 heterocycles. The number of carbonyl (C=O) groups excluding carboxylic acids is 1. The van der Waals surface area contributed by atoms with Gasteiger partial charge in [-0.3, -0.25) is 14.7 Å². The summed E-state index contributed by atoms with van der Waals surface area (Å²) >= 11 is 0. The fraction of sp³-hybridized carbons (Fsp3) is 0.684. The predicted octanol–water partition coefficient (Wildman–Crippen LogP) is 2.19. The van der Waals surface area contributed by atoms with E-state index in [0.717, 1.165) is 51.4 Å². The molecule has 0 aromatic carbocycles. The number of likely N-dealkylation sites (tertiary alicyclic amines) is 2. The van der Waals surface area contributed by atoms with Crippen LogP contribution in [0.25, 0.3) is 0 Å². The van der Waals surface area contributed by atoms with Crippen LogP contribution in [0.5, 0.6) is 0 Å². The van der Waals surface area contributed by atoms with E-state index in [1.807, 2.05) is 12.1 Å². The fourth-order valence-corrected chi connectivity index (χ4v) is 4.63. The summed E-state index contributed by atoms with van der Waals surface area (Å²) in [4.78, 5) is 21.5. The molecule has 0 saturated carbocycles. The number of amides is 1. The number of piperidine rings is 2. The number of nitrogens with zero attached hydrogens (tertiary/aromatic N) is 3. The minimum atomic E-state index is 0.147. The molecule has 1 amide bonds. The molecule has 0 N–H and O–H groups in total. The average molecular weight is 329 g/mol. The van der Waals surface area contributed by atoms with Crippen molar-refractivity contribution < 1.29 is 9.53 Å². The van der Waals surface area contributed by atoms with Crippen LogP contribution in [-0.4, -0.2) is 66.1 Å². The van der Waals surface area contributed by atoms with Gasteiger partial charge in [0.1, 0.15) is 0 Å². The van der Waals surface area contributed by atoms with Gasteiger partial charge in [-0.25, -0.2) is 0 Å². The first kappa shape index (κ1) is 16.0. The van der Waals surface area contributed by atoms with Crippen LogP contribution in [0.1, 0.15) is 42.5 Å². The molecule has 0 aliphatic carbocycles. The van der Waals surface area contributed by atoms with Gasteiger partial charge in [-0.2, -0.15) is 0 Å². The largest absolute Gasteiger partial charge is 0.380 e. The molecular formula is C19H27N3O2. The Labute approximate surface area is 144 Å². The summed E-state index contributed by atoms with van der Waals surface area (Å²) in [5, 5.41) is 0. The van der Waals surface area contributed by atoms with Crippen molar-refractivity contribution in [3.8, 4) is 0 Å². The Hall–Kier alpha value is -1.46. The van der Waals surface area contributed by atoms with Crippen molar-refractivity contribution in [1.82, 2.24) is 14.8 Å². The molecule has 5 nitrogen and oxygen atoms in total. The molecule has 3 aliphatic heterocycles. The van der Waals surface area contributed by atoms with Crippen LogP contribution in [0.15, 0.2) is 24.5 Å². The molecule has 1 spiro atoms. The second-order valence-corrected chi connectivity index (χ2v) is 7.63. The van der Waals surface area contributed by atoms with Crippen LogP contribution in [-0.2, 0) is 4.74 Å². The highest BCUT2D eigenvalue weighted by molar-refractivity contribution is 5.93. The van der Waals surface area contributed by atoms with Gasteiger partial charge in [0.15, 0.2) is 0 Å². The number of pyridine rings is 1. The molecule has 24 heavy (non-hydrogen) atoms. The van der Waals surface area contributed by atoms with Crippen molar-refractivity contribution in [1.29, 1.82) is 0 Å². The lowest BCUT2D eigenvalue weighted by Crippen LogP contribution is -2.52. The number of hydrogen-bond donors (Lipinski definition) is 0. The lowest BCUT2D eigenvalue weighted by Gasteiger charge is -2.48. The van der Waals surface area contributed by atoms with Gasteiger partial charge in [0.2, 0.25) is 0 Å². The first-order chi connectivity index (χ1) is 11.8. The first-order valence-corrected chi connectivity index (χ1v) is 9.27. The van der Waals surface area contributed by atoms with Gasteiger partial charge in [0.25, 0.3) is 5.91 Å². The second kappa shape index (κ2) is 6.81. The molecule has 1 atom stereocenters. The van der Waals surface area contributed by atoms with Gasteiger partial charge in [0.05, 0.1) is 12.2 Å². The molecule has 0 bridgehead atoms. The summed E-state index contributed by atoms with van der Waals surface area (Å²) in [5.41, 5.74) is 1.04. The minimum Gasteiger partial charge on any atom is -0.380 e. The number of hydrogen-bond acceptors (Lipinski definition) is 4. The van der Waals surface area contributed by atoms with Crippen LogP contribution in [0.3, 0.4) is 0 Å². The summed E-state index contributed by atoms with van der Waals surface area (Å²) in [7, 11) is 0. The monoisotopic (exact) mass is 329 g/mol. The van der Waals surface area contributed by atoms with Crippen molar-refractivity contribution in [2.45, 2.75) is 38.1 Å². The van der Waals surface area contributed by atoms with E-state index in [2.05, 4.69) is 14.8 Å². The quantitative estimate of drug-likeness (QED) is 0.834. The van der Waals surface area contributed by atoms with Crippen molar-refractivity contribution in [3.05, 3.63) is 30.1 Å². The van der Waals surface area contributed by atoms with E-state index in [0.29, 0.717) is 11.5 Å². The number of aromatic nitrogens is 1. The fourth-order valence-electron chi connectivity index (χ4n) is 4.63. The lowest BCUT2D eigenvalue weighted by molar-refractivity contribution is 0.00992. The van der Waals surface area contributed by atoms with Crippen LogP contribution >= 0.6 is 0 Å². The Morgan fingerprint density at radius 2 is 2.12 bits per heavy atom. The summed E-state index contributed by atoms with van der Waals surface area (Å²) < 4.78 is 5.54. The highest BCUT2D eigenvalue weighted by atomic mass is 16.5. The maximum Gasteiger partial charge on any atom is 0.255 e. The number of carbonyl (C=O) groups is 1. The maximum absolute atomic E-state index is 12.8. The molecule has 5 heteroatoms. The van der Waals surface area contributed by atoms with E-state index in [-0.39, 0.29) is 5.91 Å². The summed E-state index contributed by atoms with van der Waals surface area (Å²) in [6, 6.07) is 4.34. The Morgan fingerprint density at radius 3 is 2.83 bits per heavy atom.